The van der Waals surface area contributed by atoms with Gasteiger partial charge in [0.25, 0.3) is 0 Å². The van der Waals surface area contributed by atoms with Crippen LogP contribution in [0.25, 0.3) is 11.6 Å². The van der Waals surface area contributed by atoms with Crippen molar-refractivity contribution in [1.82, 2.24) is 0 Å². The van der Waals surface area contributed by atoms with Crippen LogP contribution < -0.4 is 0 Å². The summed E-state index contributed by atoms with van der Waals surface area (Å²) in [4.78, 5) is 0. The molecule has 1 rings (SSSR count). The molecular weight excluding hydrogens is 144 g/mol. The van der Waals surface area contributed by atoms with Gasteiger partial charge >= 0.3 is 0 Å². The second-order valence-electron chi connectivity index (χ2n) is 2.78. The molecule has 0 fully saturated rings. The lowest BCUT2D eigenvalue weighted by Crippen LogP contribution is -1.80. The van der Waals surface area contributed by atoms with E-state index < -0.39 is 0 Å². The highest BCUT2D eigenvalue weighted by Gasteiger charge is 1.94. The van der Waals surface area contributed by atoms with Crippen molar-refractivity contribution in [1.29, 1.82) is 0 Å². The third kappa shape index (κ3) is 1.85. The summed E-state index contributed by atoms with van der Waals surface area (Å²) in [6.07, 6.45) is 2.85. The molecule has 0 spiro atoms. The van der Waals surface area contributed by atoms with Gasteiger partial charge in [0.1, 0.15) is 0 Å². The van der Waals surface area contributed by atoms with Crippen LogP contribution >= 0.6 is 0 Å². The van der Waals surface area contributed by atoms with Gasteiger partial charge in [-0.15, -0.1) is 0 Å². The molecule has 0 amide bonds. The maximum absolute atomic E-state index is 3.97. The van der Waals surface area contributed by atoms with Crippen LogP contribution in [-0.2, 0) is 0 Å². The first-order valence-corrected chi connectivity index (χ1v) is 4.18. The van der Waals surface area contributed by atoms with Gasteiger partial charge in [-0.05, 0) is 23.1 Å². The Morgan fingerprint density at radius 1 is 1.33 bits per heavy atom. The molecule has 0 heterocycles. The smallest absolute Gasteiger partial charge is 0.0230 e. The second-order valence-corrected chi connectivity index (χ2v) is 2.78. The zero-order valence-corrected chi connectivity index (χ0v) is 7.51. The fourth-order valence-corrected chi connectivity index (χ4v) is 1.06. The summed E-state index contributed by atoms with van der Waals surface area (Å²) in [6, 6.07) is 8.29. The molecule has 0 aliphatic heterocycles. The van der Waals surface area contributed by atoms with Crippen molar-refractivity contribution >= 4 is 11.6 Å². The Labute approximate surface area is 74.2 Å². The first-order chi connectivity index (χ1) is 5.77. The lowest BCUT2D eigenvalue weighted by Gasteiger charge is -2.02. The monoisotopic (exact) mass is 158 g/mol. The van der Waals surface area contributed by atoms with Gasteiger partial charge in [-0.25, -0.2) is 0 Å². The predicted molar refractivity (Wildman–Crippen MR) is 55.9 cm³/mol. The Hall–Kier alpha value is -1.30. The molecular formula is C12H14. The first kappa shape index (κ1) is 8.79. The Balaban J connectivity index is 2.91. The maximum Gasteiger partial charge on any atom is -0.0230 e. The van der Waals surface area contributed by atoms with Gasteiger partial charge in [-0.3, -0.25) is 0 Å². The van der Waals surface area contributed by atoms with E-state index in [9.17, 15) is 0 Å². The van der Waals surface area contributed by atoms with Crippen LogP contribution in [0.3, 0.4) is 0 Å². The van der Waals surface area contributed by atoms with Crippen molar-refractivity contribution in [3.05, 3.63) is 48.6 Å². The molecule has 0 aliphatic carbocycles. The normalized spacial score (nSPS) is 9.42. The van der Waals surface area contributed by atoms with Crippen LogP contribution in [0.1, 0.15) is 24.5 Å². The number of hydrogen-bond acceptors (Lipinski definition) is 0. The topological polar surface area (TPSA) is 0 Å². The fraction of sp³-hybridized carbons (Fsp3) is 0.167. The molecule has 0 heteroatoms. The van der Waals surface area contributed by atoms with Crippen molar-refractivity contribution in [3.63, 3.8) is 0 Å². The molecule has 0 aliphatic rings. The highest BCUT2D eigenvalue weighted by atomic mass is 14.0. The van der Waals surface area contributed by atoms with E-state index in [-0.39, 0.29) is 0 Å². The van der Waals surface area contributed by atoms with Crippen LogP contribution in [-0.4, -0.2) is 0 Å². The van der Waals surface area contributed by atoms with Crippen LogP contribution in [0.15, 0.2) is 37.4 Å². The Morgan fingerprint density at radius 3 is 2.33 bits per heavy atom. The Kier molecular flexibility index (Phi) is 2.87. The molecule has 62 valence electrons. The molecule has 1 aromatic carbocycles. The fourth-order valence-electron chi connectivity index (χ4n) is 1.06. The van der Waals surface area contributed by atoms with Gasteiger partial charge in [0, 0.05) is 0 Å². The first-order valence-electron chi connectivity index (χ1n) is 4.18. The third-order valence-corrected chi connectivity index (χ3v) is 1.98. The molecule has 0 N–H and O–H groups in total. The van der Waals surface area contributed by atoms with Gasteiger partial charge in [-0.1, -0.05) is 50.4 Å². The minimum absolute atomic E-state index is 1.01. The van der Waals surface area contributed by atoms with E-state index in [1.54, 1.807) is 0 Å². The summed E-state index contributed by atoms with van der Waals surface area (Å²) in [5, 5.41) is 0. The molecule has 0 bridgehead atoms. The van der Waals surface area contributed by atoms with Crippen molar-refractivity contribution in [2.75, 3.05) is 0 Å². The molecule has 0 atom stereocenters. The minimum atomic E-state index is 1.01. The van der Waals surface area contributed by atoms with Gasteiger partial charge in [0.15, 0.2) is 0 Å². The molecule has 0 aromatic heterocycles. The van der Waals surface area contributed by atoms with Crippen molar-refractivity contribution in [3.8, 4) is 0 Å². The maximum atomic E-state index is 3.97. The van der Waals surface area contributed by atoms with E-state index >= 15 is 0 Å². The number of allylic oxidation sites excluding steroid dienone is 1. The molecule has 12 heavy (non-hydrogen) atoms. The van der Waals surface area contributed by atoms with Crippen LogP contribution in [0.5, 0.6) is 0 Å². The molecule has 0 unspecified atom stereocenters. The lowest BCUT2D eigenvalue weighted by atomic mass is 10.0. The van der Waals surface area contributed by atoms with Gasteiger partial charge in [0.05, 0.1) is 0 Å². The van der Waals surface area contributed by atoms with Gasteiger partial charge in [-0.2, -0.15) is 0 Å². The zero-order valence-electron chi connectivity index (χ0n) is 7.51. The number of benzene rings is 1. The molecule has 0 saturated heterocycles. The van der Waals surface area contributed by atoms with Crippen LogP contribution in [0.4, 0.5) is 0 Å². The summed E-state index contributed by atoms with van der Waals surface area (Å²) in [5.74, 6) is 0. The van der Waals surface area contributed by atoms with E-state index in [4.69, 9.17) is 0 Å². The van der Waals surface area contributed by atoms with E-state index in [0.717, 1.165) is 12.0 Å². The van der Waals surface area contributed by atoms with Crippen molar-refractivity contribution < 1.29 is 0 Å². The predicted octanol–water partition coefficient (Wildman–Crippen LogP) is 3.75. The van der Waals surface area contributed by atoms with E-state index in [1.807, 2.05) is 6.08 Å². The zero-order chi connectivity index (χ0) is 8.97. The van der Waals surface area contributed by atoms with Crippen molar-refractivity contribution in [2.45, 2.75) is 13.3 Å². The number of rotatable bonds is 3. The van der Waals surface area contributed by atoms with E-state index in [0.29, 0.717) is 0 Å². The Bertz CT molecular complexity index is 277. The molecule has 0 radical (unpaired) electrons. The minimum Gasteiger partial charge on any atom is -0.0985 e. The lowest BCUT2D eigenvalue weighted by molar-refractivity contribution is 1.24. The standard InChI is InChI=1S/C12H14/c1-4-10(3)12-8-6-11(5-2)7-9-12/h5-9H,2-4H2,1H3. The second kappa shape index (κ2) is 3.91. The average molecular weight is 158 g/mol. The summed E-state index contributed by atoms with van der Waals surface area (Å²) < 4.78 is 0. The molecule has 0 nitrogen and oxygen atoms in total. The van der Waals surface area contributed by atoms with Crippen LogP contribution in [0, 0.1) is 0 Å². The van der Waals surface area contributed by atoms with Crippen LogP contribution in [0.2, 0.25) is 0 Å². The third-order valence-electron chi connectivity index (χ3n) is 1.98. The summed E-state index contributed by atoms with van der Waals surface area (Å²) in [6.45, 7) is 9.79. The van der Waals surface area contributed by atoms with E-state index in [2.05, 4.69) is 44.3 Å². The molecule has 1 aromatic rings. The highest BCUT2D eigenvalue weighted by Crippen LogP contribution is 2.16. The SMILES string of the molecule is C=Cc1ccc(C(=C)CC)cc1. The Morgan fingerprint density at radius 2 is 1.92 bits per heavy atom. The largest absolute Gasteiger partial charge is 0.0985 e. The average Bonchev–Trinajstić information content (AvgIpc) is 2.17. The number of hydrogen-bond donors (Lipinski definition) is 0. The van der Waals surface area contributed by atoms with Gasteiger partial charge < -0.3 is 0 Å². The van der Waals surface area contributed by atoms with E-state index in [1.165, 1.54) is 11.1 Å². The summed E-state index contributed by atoms with van der Waals surface area (Å²) in [7, 11) is 0. The quantitative estimate of drug-likeness (QED) is 0.628. The van der Waals surface area contributed by atoms with Crippen molar-refractivity contribution in [2.24, 2.45) is 0 Å². The molecule has 0 saturated carbocycles. The highest BCUT2D eigenvalue weighted by molar-refractivity contribution is 5.64. The summed E-state index contributed by atoms with van der Waals surface area (Å²) in [5.41, 5.74) is 3.57. The summed E-state index contributed by atoms with van der Waals surface area (Å²) >= 11 is 0. The van der Waals surface area contributed by atoms with Gasteiger partial charge in [0.2, 0.25) is 0 Å².